The zero-order valence-electron chi connectivity index (χ0n) is 15.7. The van der Waals surface area contributed by atoms with Crippen LogP contribution in [0.15, 0.2) is 60.7 Å². The number of nitrogens with zero attached hydrogens (tertiary/aromatic N) is 1. The van der Waals surface area contributed by atoms with Crippen molar-refractivity contribution < 1.29 is 28.0 Å². The number of rotatable bonds is 7. The van der Waals surface area contributed by atoms with Crippen molar-refractivity contribution in [1.29, 1.82) is 0 Å². The molecular weight excluding hydrogens is 398 g/mol. The number of benzene rings is 3. The number of nitro groups is 1. The van der Waals surface area contributed by atoms with Crippen LogP contribution in [-0.4, -0.2) is 24.5 Å². The van der Waals surface area contributed by atoms with Gasteiger partial charge in [-0.1, -0.05) is 18.2 Å². The average molecular weight is 414 g/mol. The number of nitrogens with one attached hydrogen (secondary N) is 1. The first-order valence-electron chi connectivity index (χ1n) is 8.68. The largest absolute Gasteiger partial charge is 0.497 e. The average Bonchev–Trinajstić information content (AvgIpc) is 2.75. The van der Waals surface area contributed by atoms with E-state index in [-0.39, 0.29) is 11.4 Å². The van der Waals surface area contributed by atoms with E-state index in [1.165, 1.54) is 31.4 Å². The number of para-hydroxylation sites is 1. The second-order valence-corrected chi connectivity index (χ2v) is 6.10. The van der Waals surface area contributed by atoms with Crippen LogP contribution >= 0.6 is 0 Å². The summed E-state index contributed by atoms with van der Waals surface area (Å²) in [7, 11) is 1.51. The second-order valence-electron chi connectivity index (χ2n) is 6.10. The van der Waals surface area contributed by atoms with Crippen molar-refractivity contribution in [2.24, 2.45) is 0 Å². The van der Waals surface area contributed by atoms with Gasteiger partial charge in [0.1, 0.15) is 28.8 Å². The lowest BCUT2D eigenvalue weighted by atomic mass is 10.0. The summed E-state index contributed by atoms with van der Waals surface area (Å²) in [6.07, 6.45) is 0. The van der Waals surface area contributed by atoms with Gasteiger partial charge in [0.05, 0.1) is 12.0 Å². The number of nitro benzene ring substituents is 1. The Morgan fingerprint density at radius 2 is 1.73 bits per heavy atom. The highest BCUT2D eigenvalue weighted by Gasteiger charge is 2.16. The molecule has 0 saturated heterocycles. The first-order chi connectivity index (χ1) is 14.4. The topological polar surface area (TPSA) is 90.7 Å². The lowest BCUT2D eigenvalue weighted by Gasteiger charge is -2.13. The van der Waals surface area contributed by atoms with Crippen molar-refractivity contribution in [2.45, 2.75) is 0 Å². The van der Waals surface area contributed by atoms with E-state index in [0.29, 0.717) is 16.9 Å². The van der Waals surface area contributed by atoms with Crippen molar-refractivity contribution in [1.82, 2.24) is 0 Å². The van der Waals surface area contributed by atoms with Crippen molar-refractivity contribution in [3.8, 4) is 22.6 Å². The number of hydrogen-bond acceptors (Lipinski definition) is 5. The second kappa shape index (κ2) is 8.99. The molecule has 0 spiro atoms. The number of ether oxygens (including phenoxy) is 2. The first kappa shape index (κ1) is 20.7. The number of amides is 1. The van der Waals surface area contributed by atoms with Gasteiger partial charge < -0.3 is 14.8 Å². The molecule has 0 heterocycles. The number of carbonyl (C=O) groups is 1. The van der Waals surface area contributed by atoms with Crippen molar-refractivity contribution in [2.75, 3.05) is 19.0 Å². The Kier molecular flexibility index (Phi) is 6.21. The zero-order valence-corrected chi connectivity index (χ0v) is 15.7. The van der Waals surface area contributed by atoms with Crippen LogP contribution < -0.4 is 14.8 Å². The van der Waals surface area contributed by atoms with Crippen LogP contribution in [0.25, 0.3) is 11.1 Å². The molecule has 154 valence electrons. The third kappa shape index (κ3) is 4.69. The van der Waals surface area contributed by atoms with E-state index in [4.69, 9.17) is 9.47 Å². The number of non-ortho nitro benzene ring substituents is 1. The van der Waals surface area contributed by atoms with Gasteiger partial charge in [-0.3, -0.25) is 14.9 Å². The number of anilines is 1. The quantitative estimate of drug-likeness (QED) is 0.452. The number of methoxy groups -OCH3 is 1. The maximum Gasteiger partial charge on any atom is 0.270 e. The Labute approximate surface area is 170 Å². The van der Waals surface area contributed by atoms with Crippen molar-refractivity contribution in [3.05, 3.63) is 82.4 Å². The van der Waals surface area contributed by atoms with Crippen LogP contribution in [-0.2, 0) is 4.79 Å². The van der Waals surface area contributed by atoms with Gasteiger partial charge in [-0.2, -0.15) is 0 Å². The smallest absolute Gasteiger partial charge is 0.270 e. The molecule has 0 fully saturated rings. The minimum absolute atomic E-state index is 0.161. The van der Waals surface area contributed by atoms with Crippen LogP contribution in [0.4, 0.5) is 20.2 Å². The molecule has 0 bridgehead atoms. The third-order valence-electron chi connectivity index (χ3n) is 4.16. The SMILES string of the molecule is COc1ccc(-c2cc([N+](=O)[O-])ccc2OCC(=O)Nc2c(F)cccc2F)cc1. The highest BCUT2D eigenvalue weighted by atomic mass is 19.1. The predicted octanol–water partition coefficient (Wildman–Crippen LogP) is 4.57. The predicted molar refractivity (Wildman–Crippen MR) is 106 cm³/mol. The summed E-state index contributed by atoms with van der Waals surface area (Å²) in [5.74, 6) is -1.85. The fraction of sp³-hybridized carbons (Fsp3) is 0.0952. The molecule has 0 aliphatic heterocycles. The molecule has 9 heteroatoms. The Bertz CT molecular complexity index is 1070. The van der Waals surface area contributed by atoms with E-state index in [9.17, 15) is 23.7 Å². The molecule has 0 aliphatic rings. The van der Waals surface area contributed by atoms with E-state index >= 15 is 0 Å². The summed E-state index contributed by atoms with van der Waals surface area (Å²) < 4.78 is 37.9. The molecule has 3 aromatic rings. The third-order valence-corrected chi connectivity index (χ3v) is 4.16. The normalized spacial score (nSPS) is 10.4. The zero-order chi connectivity index (χ0) is 21.7. The standard InChI is InChI=1S/C21H16F2N2O5/c1-29-15-8-5-13(6-9-15)16-11-14(25(27)28)7-10-19(16)30-12-20(26)24-21-17(22)3-2-4-18(21)23/h2-11H,12H2,1H3,(H,24,26). The van der Waals surface area contributed by atoms with Gasteiger partial charge in [-0.15, -0.1) is 0 Å². The number of carbonyl (C=O) groups excluding carboxylic acids is 1. The fourth-order valence-electron chi connectivity index (χ4n) is 2.69. The summed E-state index contributed by atoms with van der Waals surface area (Å²) in [6, 6.07) is 13.8. The molecule has 1 N–H and O–H groups in total. The van der Waals surface area contributed by atoms with Gasteiger partial charge in [-0.25, -0.2) is 8.78 Å². The first-order valence-corrected chi connectivity index (χ1v) is 8.68. The minimum Gasteiger partial charge on any atom is -0.497 e. The molecule has 0 radical (unpaired) electrons. The molecular formula is C21H16F2N2O5. The molecule has 0 unspecified atom stereocenters. The monoisotopic (exact) mass is 414 g/mol. The van der Waals surface area contributed by atoms with Gasteiger partial charge in [0.15, 0.2) is 6.61 Å². The fourth-order valence-corrected chi connectivity index (χ4v) is 2.69. The van der Waals surface area contributed by atoms with Crippen molar-refractivity contribution >= 4 is 17.3 Å². The molecule has 3 rings (SSSR count). The molecule has 1 amide bonds. The molecule has 0 aliphatic carbocycles. The summed E-state index contributed by atoms with van der Waals surface area (Å²) in [5, 5.41) is 13.3. The van der Waals surface area contributed by atoms with Crippen LogP contribution in [0.2, 0.25) is 0 Å². The van der Waals surface area contributed by atoms with E-state index in [0.717, 1.165) is 12.1 Å². The highest BCUT2D eigenvalue weighted by Crippen LogP contribution is 2.34. The number of halogens is 2. The van der Waals surface area contributed by atoms with Crippen LogP contribution in [0.3, 0.4) is 0 Å². The van der Waals surface area contributed by atoms with Gasteiger partial charge in [0.2, 0.25) is 0 Å². The number of hydrogen-bond donors (Lipinski definition) is 1. The summed E-state index contributed by atoms with van der Waals surface area (Å²) in [4.78, 5) is 22.7. The molecule has 0 saturated carbocycles. The van der Waals surface area contributed by atoms with E-state index in [2.05, 4.69) is 5.32 Å². The molecule has 3 aromatic carbocycles. The Morgan fingerprint density at radius 3 is 2.33 bits per heavy atom. The van der Waals surface area contributed by atoms with Gasteiger partial charge in [0.25, 0.3) is 11.6 Å². The van der Waals surface area contributed by atoms with Gasteiger partial charge in [0, 0.05) is 17.7 Å². The van der Waals surface area contributed by atoms with E-state index in [1.54, 1.807) is 24.3 Å². The molecule has 0 atom stereocenters. The molecule has 0 aromatic heterocycles. The van der Waals surface area contributed by atoms with Gasteiger partial charge in [-0.05, 0) is 35.9 Å². The maximum atomic E-state index is 13.7. The molecule has 30 heavy (non-hydrogen) atoms. The Balaban J connectivity index is 1.82. The Hall–Kier alpha value is -4.01. The molecule has 7 nitrogen and oxygen atoms in total. The van der Waals surface area contributed by atoms with Crippen LogP contribution in [0, 0.1) is 21.7 Å². The lowest BCUT2D eigenvalue weighted by molar-refractivity contribution is -0.384. The van der Waals surface area contributed by atoms with E-state index in [1.807, 2.05) is 0 Å². The van der Waals surface area contributed by atoms with Crippen LogP contribution in [0.1, 0.15) is 0 Å². The van der Waals surface area contributed by atoms with E-state index < -0.39 is 34.8 Å². The highest BCUT2D eigenvalue weighted by molar-refractivity contribution is 5.92. The summed E-state index contributed by atoms with van der Waals surface area (Å²) in [6.45, 7) is -0.561. The van der Waals surface area contributed by atoms with Gasteiger partial charge >= 0.3 is 0 Å². The Morgan fingerprint density at radius 1 is 1.07 bits per heavy atom. The summed E-state index contributed by atoms with van der Waals surface area (Å²) >= 11 is 0. The lowest BCUT2D eigenvalue weighted by Crippen LogP contribution is -2.21. The maximum absolute atomic E-state index is 13.7. The van der Waals surface area contributed by atoms with Crippen LogP contribution in [0.5, 0.6) is 11.5 Å². The summed E-state index contributed by atoms with van der Waals surface area (Å²) in [5.41, 5.74) is 0.225. The van der Waals surface area contributed by atoms with Crippen molar-refractivity contribution in [3.63, 3.8) is 0 Å². The minimum atomic E-state index is -0.919.